The Labute approximate surface area is 181 Å². The summed E-state index contributed by atoms with van der Waals surface area (Å²) in [6, 6.07) is 16.1. The molecule has 1 aliphatic heterocycles. The van der Waals surface area contributed by atoms with Gasteiger partial charge in [0.15, 0.2) is 0 Å². The molecule has 0 aliphatic carbocycles. The third-order valence-corrected chi connectivity index (χ3v) is 7.06. The largest absolute Gasteiger partial charge is 0.482 e. The highest BCUT2D eigenvalue weighted by Crippen LogP contribution is 2.24. The van der Waals surface area contributed by atoms with Gasteiger partial charge < -0.3 is 9.15 Å². The van der Waals surface area contributed by atoms with Crippen LogP contribution in [-0.2, 0) is 36.3 Å². The Balaban J connectivity index is 1.37. The van der Waals surface area contributed by atoms with E-state index in [0.717, 1.165) is 23.0 Å². The molecule has 0 bridgehead atoms. The molecule has 7 nitrogen and oxygen atoms in total. The number of ether oxygens (including phenoxy) is 1. The van der Waals surface area contributed by atoms with Crippen molar-refractivity contribution in [3.05, 3.63) is 93.5 Å². The molecule has 0 saturated heterocycles. The molecule has 0 atom stereocenters. The summed E-state index contributed by atoms with van der Waals surface area (Å²) >= 11 is 0. The lowest BCUT2D eigenvalue weighted by atomic mass is 10.1. The number of benzene rings is 2. The predicted molar refractivity (Wildman–Crippen MR) is 116 cm³/mol. The molecule has 0 radical (unpaired) electrons. The second-order valence-electron chi connectivity index (χ2n) is 7.71. The molecule has 8 heteroatoms. The smallest absolute Gasteiger partial charge is 0.242 e. The molecule has 1 aromatic heterocycles. The average molecular weight is 441 g/mol. The van der Waals surface area contributed by atoms with Crippen molar-refractivity contribution in [2.75, 3.05) is 14.1 Å². The fourth-order valence-corrected chi connectivity index (χ4v) is 4.39. The summed E-state index contributed by atoms with van der Waals surface area (Å²) in [6.07, 6.45) is 1.34. The molecule has 0 amide bonds. The van der Waals surface area contributed by atoms with Gasteiger partial charge in [-0.2, -0.15) is 0 Å². The van der Waals surface area contributed by atoms with E-state index in [-0.39, 0.29) is 22.7 Å². The average Bonchev–Trinajstić information content (AvgIpc) is 3.15. The minimum atomic E-state index is -3.48. The van der Waals surface area contributed by atoms with Crippen LogP contribution in [0, 0.1) is 0 Å². The fourth-order valence-electron chi connectivity index (χ4n) is 3.49. The molecule has 4 rings (SSSR count). The van der Waals surface area contributed by atoms with Gasteiger partial charge in [-0.15, -0.1) is 0 Å². The van der Waals surface area contributed by atoms with Crippen molar-refractivity contribution in [3.8, 4) is 5.75 Å². The van der Waals surface area contributed by atoms with E-state index < -0.39 is 10.0 Å². The van der Waals surface area contributed by atoms with Crippen molar-refractivity contribution in [3.63, 3.8) is 0 Å². The van der Waals surface area contributed by atoms with Crippen LogP contribution in [0.15, 0.2) is 75.0 Å². The zero-order valence-corrected chi connectivity index (χ0v) is 18.3. The summed E-state index contributed by atoms with van der Waals surface area (Å²) in [5.74, 6) is 0.710. The maximum atomic E-state index is 12.4. The number of sulfonamides is 1. The zero-order valence-electron chi connectivity index (χ0n) is 17.4. The van der Waals surface area contributed by atoms with Gasteiger partial charge in [-0.1, -0.05) is 36.4 Å². The van der Waals surface area contributed by atoms with Crippen LogP contribution in [0.5, 0.6) is 5.75 Å². The maximum Gasteiger partial charge on any atom is 0.242 e. The predicted octanol–water partition coefficient (Wildman–Crippen LogP) is 2.98. The second-order valence-corrected chi connectivity index (χ2v) is 9.86. The third kappa shape index (κ3) is 4.71. The lowest BCUT2D eigenvalue weighted by Gasteiger charge is -2.14. The van der Waals surface area contributed by atoms with Crippen molar-refractivity contribution >= 4 is 10.0 Å². The monoisotopic (exact) mass is 440 g/mol. The summed E-state index contributed by atoms with van der Waals surface area (Å²) in [7, 11) is -0.508. The Hall–Kier alpha value is -2.94. The van der Waals surface area contributed by atoms with E-state index in [1.54, 1.807) is 12.1 Å². The Morgan fingerprint density at radius 1 is 1.03 bits per heavy atom. The molecule has 2 aromatic carbocycles. The number of hydrogen-bond donors (Lipinski definition) is 0. The van der Waals surface area contributed by atoms with Crippen molar-refractivity contribution in [2.24, 2.45) is 0 Å². The van der Waals surface area contributed by atoms with Gasteiger partial charge in [0, 0.05) is 33.3 Å². The molecule has 162 valence electrons. The van der Waals surface area contributed by atoms with Crippen molar-refractivity contribution in [1.82, 2.24) is 9.21 Å². The fraction of sp³-hybridized carbons (Fsp3) is 0.261. The van der Waals surface area contributed by atoms with E-state index in [1.165, 1.54) is 49.7 Å². The van der Waals surface area contributed by atoms with Crippen molar-refractivity contribution in [1.29, 1.82) is 0 Å². The lowest BCUT2D eigenvalue weighted by Crippen LogP contribution is -2.22. The second kappa shape index (κ2) is 8.66. The molecular formula is C23H24N2O5S. The Bertz CT molecular complexity index is 1210. The first-order valence-electron chi connectivity index (χ1n) is 9.88. The standard InChI is InChI=1S/C23H24N2O5S/c1-24(2)31(27,28)21-9-7-17(8-10-21)15-30-23-16-29-20(11-22(23)26)14-25-12-18-5-3-4-6-19(18)13-25/h3-11,16H,12-15H2,1-2H3. The summed E-state index contributed by atoms with van der Waals surface area (Å²) in [5, 5.41) is 0. The van der Waals surface area contributed by atoms with Crippen LogP contribution in [0.1, 0.15) is 22.5 Å². The summed E-state index contributed by atoms with van der Waals surface area (Å²) < 4.78 is 36.6. The topological polar surface area (TPSA) is 80.1 Å². The molecule has 0 spiro atoms. The van der Waals surface area contributed by atoms with Crippen molar-refractivity contribution in [2.45, 2.75) is 31.1 Å². The maximum absolute atomic E-state index is 12.4. The van der Waals surface area contributed by atoms with E-state index in [0.29, 0.717) is 12.3 Å². The van der Waals surface area contributed by atoms with Crippen LogP contribution in [0.25, 0.3) is 0 Å². The highest BCUT2D eigenvalue weighted by Gasteiger charge is 2.20. The van der Waals surface area contributed by atoms with E-state index in [1.807, 2.05) is 12.1 Å². The highest BCUT2D eigenvalue weighted by atomic mass is 32.2. The van der Waals surface area contributed by atoms with Crippen LogP contribution >= 0.6 is 0 Å². The Morgan fingerprint density at radius 3 is 2.26 bits per heavy atom. The number of hydrogen-bond acceptors (Lipinski definition) is 6. The van der Waals surface area contributed by atoms with Gasteiger partial charge in [0.1, 0.15) is 18.6 Å². The van der Waals surface area contributed by atoms with E-state index in [4.69, 9.17) is 9.15 Å². The molecular weight excluding hydrogens is 416 g/mol. The molecule has 0 fully saturated rings. The quantitative estimate of drug-likeness (QED) is 0.562. The minimum Gasteiger partial charge on any atom is -0.482 e. The first-order chi connectivity index (χ1) is 14.8. The highest BCUT2D eigenvalue weighted by molar-refractivity contribution is 7.89. The molecule has 0 N–H and O–H groups in total. The van der Waals surface area contributed by atoms with Gasteiger partial charge >= 0.3 is 0 Å². The zero-order chi connectivity index (χ0) is 22.0. The Kier molecular flexibility index (Phi) is 5.95. The number of fused-ring (bicyclic) bond motifs is 1. The molecule has 31 heavy (non-hydrogen) atoms. The Morgan fingerprint density at radius 2 is 1.68 bits per heavy atom. The number of nitrogens with zero attached hydrogens (tertiary/aromatic N) is 2. The van der Waals surface area contributed by atoms with Crippen LogP contribution < -0.4 is 10.2 Å². The first-order valence-corrected chi connectivity index (χ1v) is 11.3. The first kappa shape index (κ1) is 21.3. The molecule has 0 saturated carbocycles. The summed E-state index contributed by atoms with van der Waals surface area (Å²) in [5.41, 5.74) is 3.10. The van der Waals surface area contributed by atoms with E-state index >= 15 is 0 Å². The summed E-state index contributed by atoms with van der Waals surface area (Å²) in [6.45, 7) is 2.34. The SMILES string of the molecule is CN(C)S(=O)(=O)c1ccc(COc2coc(CN3Cc4ccccc4C3)cc2=O)cc1. The van der Waals surface area contributed by atoms with Gasteiger partial charge in [0.05, 0.1) is 11.4 Å². The van der Waals surface area contributed by atoms with Gasteiger partial charge in [-0.25, -0.2) is 12.7 Å². The van der Waals surface area contributed by atoms with Crippen LogP contribution in [0.3, 0.4) is 0 Å². The van der Waals surface area contributed by atoms with Crippen LogP contribution in [0.2, 0.25) is 0 Å². The van der Waals surface area contributed by atoms with Gasteiger partial charge in [0.2, 0.25) is 21.2 Å². The van der Waals surface area contributed by atoms with E-state index in [9.17, 15) is 13.2 Å². The van der Waals surface area contributed by atoms with Crippen LogP contribution in [0.4, 0.5) is 0 Å². The van der Waals surface area contributed by atoms with Crippen LogP contribution in [-0.4, -0.2) is 31.7 Å². The normalized spacial score (nSPS) is 14.0. The molecule has 2 heterocycles. The molecule has 1 aliphatic rings. The van der Waals surface area contributed by atoms with Gasteiger partial charge in [0.25, 0.3) is 0 Å². The van der Waals surface area contributed by atoms with Crippen molar-refractivity contribution < 1.29 is 17.6 Å². The molecule has 3 aromatic rings. The van der Waals surface area contributed by atoms with E-state index in [2.05, 4.69) is 17.0 Å². The third-order valence-electron chi connectivity index (χ3n) is 5.23. The van der Waals surface area contributed by atoms with Gasteiger partial charge in [-0.05, 0) is 28.8 Å². The minimum absolute atomic E-state index is 0.124. The van der Waals surface area contributed by atoms with Gasteiger partial charge in [-0.3, -0.25) is 9.69 Å². The molecule has 0 unspecified atom stereocenters. The number of rotatable bonds is 7. The summed E-state index contributed by atoms with van der Waals surface area (Å²) in [4.78, 5) is 14.8. The lowest BCUT2D eigenvalue weighted by molar-refractivity contribution is 0.241.